The molecule has 3 aromatic heterocycles. The molecule has 0 radical (unpaired) electrons. The van der Waals surface area contributed by atoms with E-state index in [-0.39, 0.29) is 17.5 Å². The van der Waals surface area contributed by atoms with Crippen molar-refractivity contribution >= 4 is 27.2 Å². The normalized spacial score (nSPS) is 11.7. The summed E-state index contributed by atoms with van der Waals surface area (Å²) in [6.07, 6.45) is 3.22. The molecule has 0 aliphatic heterocycles. The van der Waals surface area contributed by atoms with E-state index < -0.39 is 10.0 Å². The summed E-state index contributed by atoms with van der Waals surface area (Å²) in [5.41, 5.74) is 1.34. The van der Waals surface area contributed by atoms with Crippen molar-refractivity contribution in [2.45, 2.75) is 31.3 Å². The van der Waals surface area contributed by atoms with Gasteiger partial charge in [0.15, 0.2) is 0 Å². The molecule has 0 amide bonds. The highest BCUT2D eigenvalue weighted by Crippen LogP contribution is 2.34. The molecular formula is C22H22N4O2S2. The predicted octanol–water partition coefficient (Wildman–Crippen LogP) is 4.98. The quantitative estimate of drug-likeness (QED) is 0.408. The molecule has 0 atom stereocenters. The minimum absolute atomic E-state index is 0.0325. The Hall–Kier alpha value is -2.97. The number of thiophene rings is 1. The monoisotopic (exact) mass is 438 g/mol. The number of anilines is 1. The van der Waals surface area contributed by atoms with Crippen LogP contribution in [0.3, 0.4) is 0 Å². The minimum atomic E-state index is -3.93. The van der Waals surface area contributed by atoms with Crippen LogP contribution in [0.15, 0.2) is 83.3 Å². The summed E-state index contributed by atoms with van der Waals surface area (Å²) >= 11 is 1.47. The number of hydrogen-bond acceptors (Lipinski definition) is 5. The molecule has 30 heavy (non-hydrogen) atoms. The van der Waals surface area contributed by atoms with Crippen LogP contribution in [-0.2, 0) is 16.6 Å². The van der Waals surface area contributed by atoms with Crippen molar-refractivity contribution in [2.24, 2.45) is 0 Å². The van der Waals surface area contributed by atoms with Gasteiger partial charge >= 0.3 is 0 Å². The van der Waals surface area contributed by atoms with Gasteiger partial charge in [0.05, 0.1) is 11.4 Å². The van der Waals surface area contributed by atoms with Crippen molar-refractivity contribution in [3.05, 3.63) is 84.0 Å². The molecule has 0 aliphatic carbocycles. The number of sulfonamides is 1. The molecule has 0 aliphatic rings. The first kappa shape index (κ1) is 20.3. The summed E-state index contributed by atoms with van der Waals surface area (Å²) in [7, 11) is -3.93. The average molecular weight is 439 g/mol. The van der Waals surface area contributed by atoms with Crippen LogP contribution in [-0.4, -0.2) is 23.2 Å². The van der Waals surface area contributed by atoms with Crippen LogP contribution in [0.2, 0.25) is 0 Å². The van der Waals surface area contributed by atoms with E-state index in [2.05, 4.69) is 10.1 Å². The van der Waals surface area contributed by atoms with E-state index >= 15 is 0 Å². The van der Waals surface area contributed by atoms with Crippen molar-refractivity contribution < 1.29 is 8.42 Å². The Morgan fingerprint density at radius 2 is 1.80 bits per heavy atom. The maximum absolute atomic E-state index is 13.9. The van der Waals surface area contributed by atoms with Gasteiger partial charge in [-0.1, -0.05) is 42.5 Å². The van der Waals surface area contributed by atoms with Crippen molar-refractivity contribution in [3.8, 4) is 10.6 Å². The summed E-state index contributed by atoms with van der Waals surface area (Å²) in [5, 5.41) is 6.52. The van der Waals surface area contributed by atoms with E-state index in [4.69, 9.17) is 0 Å². The SMILES string of the molecule is CC(C)n1cc(S(=O)(=O)N(Cc2ccccc2)c2ccccn2)c(-c2cccs2)n1. The molecule has 0 N–H and O–H groups in total. The summed E-state index contributed by atoms with van der Waals surface area (Å²) in [5.74, 6) is 0.371. The smallest absolute Gasteiger partial charge is 0.268 e. The molecule has 8 heteroatoms. The number of rotatable bonds is 7. The Bertz CT molecular complexity index is 1200. The van der Waals surface area contributed by atoms with E-state index in [0.29, 0.717) is 11.5 Å². The molecule has 4 aromatic rings. The molecule has 1 aromatic carbocycles. The van der Waals surface area contributed by atoms with Gasteiger partial charge in [0.2, 0.25) is 0 Å². The van der Waals surface area contributed by atoms with Gasteiger partial charge in [-0.25, -0.2) is 17.7 Å². The van der Waals surface area contributed by atoms with Gasteiger partial charge in [-0.2, -0.15) is 5.10 Å². The zero-order valence-corrected chi connectivity index (χ0v) is 18.3. The van der Waals surface area contributed by atoms with Crippen LogP contribution in [0.4, 0.5) is 5.82 Å². The van der Waals surface area contributed by atoms with E-state index in [1.807, 2.05) is 61.7 Å². The van der Waals surface area contributed by atoms with Crippen LogP contribution in [0.5, 0.6) is 0 Å². The lowest BCUT2D eigenvalue weighted by Gasteiger charge is -2.23. The highest BCUT2D eigenvalue weighted by Gasteiger charge is 2.32. The lowest BCUT2D eigenvalue weighted by Crippen LogP contribution is -2.31. The topological polar surface area (TPSA) is 68.1 Å². The minimum Gasteiger partial charge on any atom is -0.268 e. The second-order valence-corrected chi connectivity index (χ2v) is 9.86. The first-order valence-electron chi connectivity index (χ1n) is 9.57. The Labute approximate surface area is 180 Å². The van der Waals surface area contributed by atoms with Gasteiger partial charge < -0.3 is 0 Å². The Morgan fingerprint density at radius 3 is 2.43 bits per heavy atom. The average Bonchev–Trinajstić information content (AvgIpc) is 3.43. The maximum Gasteiger partial charge on any atom is 0.269 e. The third kappa shape index (κ3) is 4.01. The van der Waals surface area contributed by atoms with Gasteiger partial charge in [0, 0.05) is 18.4 Å². The maximum atomic E-state index is 13.9. The first-order valence-corrected chi connectivity index (χ1v) is 11.9. The number of benzene rings is 1. The van der Waals surface area contributed by atoms with Crippen molar-refractivity contribution in [2.75, 3.05) is 4.31 Å². The molecular weight excluding hydrogens is 416 g/mol. The van der Waals surface area contributed by atoms with Crippen molar-refractivity contribution in [3.63, 3.8) is 0 Å². The number of aromatic nitrogens is 3. The fourth-order valence-corrected chi connectivity index (χ4v) is 5.41. The molecule has 0 bridgehead atoms. The van der Waals surface area contributed by atoms with E-state index in [1.165, 1.54) is 15.6 Å². The highest BCUT2D eigenvalue weighted by molar-refractivity contribution is 7.93. The van der Waals surface area contributed by atoms with Crippen LogP contribution in [0, 0.1) is 0 Å². The molecule has 0 saturated carbocycles. The lowest BCUT2D eigenvalue weighted by atomic mass is 10.2. The third-order valence-corrected chi connectivity index (χ3v) is 7.25. The van der Waals surface area contributed by atoms with E-state index in [0.717, 1.165) is 10.4 Å². The second kappa shape index (κ2) is 8.41. The van der Waals surface area contributed by atoms with E-state index in [1.54, 1.807) is 35.3 Å². The molecule has 0 fully saturated rings. The molecule has 0 saturated heterocycles. The molecule has 3 heterocycles. The van der Waals surface area contributed by atoms with Gasteiger partial charge in [0.1, 0.15) is 16.4 Å². The molecule has 0 spiro atoms. The summed E-state index contributed by atoms with van der Waals surface area (Å²) < 4.78 is 30.9. The zero-order valence-electron chi connectivity index (χ0n) is 16.7. The van der Waals surface area contributed by atoms with Gasteiger partial charge in [0.25, 0.3) is 10.0 Å². The second-order valence-electron chi connectivity index (χ2n) is 7.08. The van der Waals surface area contributed by atoms with Crippen molar-refractivity contribution in [1.29, 1.82) is 0 Å². The molecule has 6 nitrogen and oxygen atoms in total. The van der Waals surface area contributed by atoms with Gasteiger partial charge in [-0.05, 0) is 43.0 Å². The standard InChI is InChI=1S/C22H22N4O2S2/c1-17(2)25-16-20(22(24-25)19-11-8-14-29-19)30(27,28)26(21-12-6-7-13-23-21)15-18-9-4-3-5-10-18/h3-14,16-17H,15H2,1-2H3. The van der Waals surface area contributed by atoms with Crippen LogP contribution in [0.1, 0.15) is 25.5 Å². The summed E-state index contributed by atoms with van der Waals surface area (Å²) in [6.45, 7) is 4.13. The Kier molecular flexibility index (Phi) is 5.69. The largest absolute Gasteiger partial charge is 0.269 e. The van der Waals surface area contributed by atoms with Crippen LogP contribution >= 0.6 is 11.3 Å². The number of pyridine rings is 1. The third-order valence-electron chi connectivity index (χ3n) is 4.62. The zero-order chi connectivity index (χ0) is 21.1. The fourth-order valence-electron chi connectivity index (χ4n) is 3.07. The van der Waals surface area contributed by atoms with Gasteiger partial charge in [-0.15, -0.1) is 11.3 Å². The predicted molar refractivity (Wildman–Crippen MR) is 120 cm³/mol. The number of nitrogens with zero attached hydrogens (tertiary/aromatic N) is 4. The summed E-state index contributed by atoms with van der Waals surface area (Å²) in [6, 6.07) is 18.6. The Morgan fingerprint density at radius 1 is 1.03 bits per heavy atom. The first-order chi connectivity index (χ1) is 14.5. The summed E-state index contributed by atoms with van der Waals surface area (Å²) in [4.78, 5) is 5.32. The highest BCUT2D eigenvalue weighted by atomic mass is 32.2. The lowest BCUT2D eigenvalue weighted by molar-refractivity contribution is 0.532. The molecule has 0 unspecified atom stereocenters. The van der Waals surface area contributed by atoms with Gasteiger partial charge in [-0.3, -0.25) is 4.68 Å². The molecule has 4 rings (SSSR count). The molecule has 154 valence electrons. The Balaban J connectivity index is 1.87. The number of hydrogen-bond donors (Lipinski definition) is 0. The van der Waals surface area contributed by atoms with E-state index in [9.17, 15) is 8.42 Å². The van der Waals surface area contributed by atoms with Crippen molar-refractivity contribution in [1.82, 2.24) is 14.8 Å². The van der Waals surface area contributed by atoms with Crippen LogP contribution in [0.25, 0.3) is 10.6 Å². The van der Waals surface area contributed by atoms with Crippen LogP contribution < -0.4 is 4.31 Å². The fraction of sp³-hybridized carbons (Fsp3) is 0.182.